The van der Waals surface area contributed by atoms with Crippen molar-refractivity contribution in [3.8, 4) is 23.0 Å². The Morgan fingerprint density at radius 3 is 2.54 bits per heavy atom. The monoisotopic (exact) mass is 674 g/mol. The Morgan fingerprint density at radius 2 is 1.88 bits per heavy atom. The molecule has 5 rings (SSSR count). The Morgan fingerprint density at radius 1 is 1.08 bits per heavy atom. The van der Waals surface area contributed by atoms with Crippen LogP contribution in [-0.4, -0.2) is 31.7 Å². The van der Waals surface area contributed by atoms with E-state index in [0.717, 1.165) is 12.0 Å². The van der Waals surface area contributed by atoms with Crippen LogP contribution in [0.2, 0.25) is 0 Å². The number of hydrogen-bond acceptors (Lipinski definition) is 9. The van der Waals surface area contributed by atoms with E-state index in [1.165, 1.54) is 48.7 Å². The standard InChI is InChI=1S/C37H39FN2O7S/c1-6-37(2,3)19-29-36(47-22-41)35(27-12-10-26(18-28(27)38)46-20-23-14-15-48-21-23)40(30-8-7-9-31(42)34(30)39-29)33(43)17-24-16-25(44-4)11-13-32(24)45-5/h7-16,18,21-22,35,39,42H,6,17,19-20H2,1-5H3. The highest BCUT2D eigenvalue weighted by molar-refractivity contribution is 7.07. The second-order valence-electron chi connectivity index (χ2n) is 12.2. The number of aromatic hydroxyl groups is 1. The molecule has 0 saturated carbocycles. The van der Waals surface area contributed by atoms with Crippen molar-refractivity contribution in [1.29, 1.82) is 0 Å². The number of anilines is 2. The van der Waals surface area contributed by atoms with Gasteiger partial charge in [0.2, 0.25) is 5.91 Å². The summed E-state index contributed by atoms with van der Waals surface area (Å²) in [7, 11) is 3.02. The number of phenols is 1. The quantitative estimate of drug-likeness (QED) is 0.108. The van der Waals surface area contributed by atoms with Gasteiger partial charge in [0, 0.05) is 17.2 Å². The molecular formula is C37H39FN2O7S. The average Bonchev–Trinajstić information content (AvgIpc) is 3.56. The molecule has 0 radical (unpaired) electrons. The van der Waals surface area contributed by atoms with Crippen LogP contribution in [0.5, 0.6) is 23.0 Å². The number of rotatable bonds is 13. The second-order valence-corrected chi connectivity index (χ2v) is 13.0. The van der Waals surface area contributed by atoms with E-state index in [0.29, 0.717) is 34.9 Å². The molecule has 0 fully saturated rings. The first-order chi connectivity index (χ1) is 23.1. The number of allylic oxidation sites excluding steroid dienone is 1. The number of methoxy groups -OCH3 is 2. The van der Waals surface area contributed by atoms with Gasteiger partial charge in [-0.25, -0.2) is 4.39 Å². The van der Waals surface area contributed by atoms with Gasteiger partial charge in [-0.3, -0.25) is 14.5 Å². The molecule has 0 spiro atoms. The molecule has 9 nitrogen and oxygen atoms in total. The maximum Gasteiger partial charge on any atom is 0.298 e. The van der Waals surface area contributed by atoms with Crippen molar-refractivity contribution in [1.82, 2.24) is 0 Å². The summed E-state index contributed by atoms with van der Waals surface area (Å²) in [6, 6.07) is 14.9. The van der Waals surface area contributed by atoms with Crippen LogP contribution in [0.4, 0.5) is 15.8 Å². The smallest absolute Gasteiger partial charge is 0.298 e. The molecule has 2 N–H and O–H groups in total. The summed E-state index contributed by atoms with van der Waals surface area (Å²) in [4.78, 5) is 28.2. The number of halogens is 1. The zero-order chi connectivity index (χ0) is 34.4. The molecule has 3 aromatic carbocycles. The number of ether oxygens (including phenoxy) is 4. The number of nitrogens with zero attached hydrogens (tertiary/aromatic N) is 1. The summed E-state index contributed by atoms with van der Waals surface area (Å²) in [6.45, 7) is 6.65. The van der Waals surface area contributed by atoms with Crippen LogP contribution in [-0.2, 0) is 27.4 Å². The molecule has 0 saturated heterocycles. The number of carbonyl (C=O) groups excluding carboxylic acids is 2. The number of thiophene rings is 1. The highest BCUT2D eigenvalue weighted by Gasteiger charge is 2.40. The first kappa shape index (κ1) is 34.3. The SMILES string of the molecule is CCC(C)(C)CC1=C(OC=O)C(c2ccc(OCc3ccsc3)cc2F)N(C(=O)Cc2cc(OC)ccc2OC)c2cccc(O)c2N1. The van der Waals surface area contributed by atoms with Gasteiger partial charge in [-0.1, -0.05) is 33.3 Å². The summed E-state index contributed by atoms with van der Waals surface area (Å²) in [5, 5.41) is 18.3. The number of hydrogen-bond donors (Lipinski definition) is 2. The number of nitrogens with one attached hydrogen (secondary N) is 1. The van der Waals surface area contributed by atoms with Crippen molar-refractivity contribution in [2.45, 2.75) is 52.7 Å². The Hall–Kier alpha value is -5.03. The third-order valence-electron chi connectivity index (χ3n) is 8.50. The van der Waals surface area contributed by atoms with Gasteiger partial charge < -0.3 is 29.4 Å². The molecule has 1 atom stereocenters. The largest absolute Gasteiger partial charge is 0.506 e. The van der Waals surface area contributed by atoms with Gasteiger partial charge in [0.25, 0.3) is 6.47 Å². The van der Waals surface area contributed by atoms with Gasteiger partial charge in [0.1, 0.15) is 47.2 Å². The molecule has 4 aromatic rings. The maximum absolute atomic E-state index is 16.4. The van der Waals surface area contributed by atoms with Crippen LogP contribution in [0, 0.1) is 11.2 Å². The van der Waals surface area contributed by atoms with Crippen LogP contribution in [0.3, 0.4) is 0 Å². The Balaban J connectivity index is 1.71. The summed E-state index contributed by atoms with van der Waals surface area (Å²) < 4.78 is 39.0. The van der Waals surface area contributed by atoms with E-state index in [1.807, 2.05) is 37.6 Å². The van der Waals surface area contributed by atoms with Gasteiger partial charge in [0.15, 0.2) is 5.76 Å². The molecule has 2 heterocycles. The van der Waals surface area contributed by atoms with Crippen LogP contribution in [0.1, 0.15) is 56.3 Å². The van der Waals surface area contributed by atoms with Gasteiger partial charge in [-0.2, -0.15) is 11.3 Å². The summed E-state index contributed by atoms with van der Waals surface area (Å²) >= 11 is 1.54. The average molecular weight is 675 g/mol. The summed E-state index contributed by atoms with van der Waals surface area (Å²) in [5.41, 5.74) is 2.13. The van der Waals surface area contributed by atoms with Crippen molar-refractivity contribution in [3.05, 3.63) is 105 Å². The van der Waals surface area contributed by atoms with Crippen LogP contribution >= 0.6 is 11.3 Å². The molecule has 1 aliphatic rings. The van der Waals surface area contributed by atoms with Crippen LogP contribution in [0.15, 0.2) is 82.9 Å². The zero-order valence-corrected chi connectivity index (χ0v) is 28.4. The highest BCUT2D eigenvalue weighted by atomic mass is 32.1. The van der Waals surface area contributed by atoms with Gasteiger partial charge in [0.05, 0.1) is 32.0 Å². The number of benzene rings is 3. The lowest BCUT2D eigenvalue weighted by Gasteiger charge is -2.33. The zero-order valence-electron chi connectivity index (χ0n) is 27.5. The van der Waals surface area contributed by atoms with E-state index in [9.17, 15) is 14.7 Å². The predicted molar refractivity (Wildman–Crippen MR) is 183 cm³/mol. The molecule has 1 aromatic heterocycles. The lowest BCUT2D eigenvalue weighted by Crippen LogP contribution is -2.38. The van der Waals surface area contributed by atoms with Gasteiger partial charge in [-0.15, -0.1) is 0 Å². The van der Waals surface area contributed by atoms with Crippen LogP contribution < -0.4 is 24.4 Å². The minimum atomic E-state index is -1.26. The van der Waals surface area contributed by atoms with Gasteiger partial charge in [-0.05, 0) is 76.7 Å². The third-order valence-corrected chi connectivity index (χ3v) is 9.23. The lowest BCUT2D eigenvalue weighted by molar-refractivity contribution is -0.126. The van der Waals surface area contributed by atoms with E-state index < -0.39 is 17.8 Å². The van der Waals surface area contributed by atoms with Crippen molar-refractivity contribution in [2.24, 2.45) is 5.41 Å². The fourth-order valence-electron chi connectivity index (χ4n) is 5.60. The highest BCUT2D eigenvalue weighted by Crippen LogP contribution is 2.48. The van der Waals surface area contributed by atoms with Crippen molar-refractivity contribution >= 4 is 35.1 Å². The number of para-hydroxylation sites is 1. The fourth-order valence-corrected chi connectivity index (χ4v) is 6.25. The fraction of sp³-hybridized carbons (Fsp3) is 0.297. The van der Waals surface area contributed by atoms with E-state index in [2.05, 4.69) is 5.32 Å². The molecule has 1 aliphatic heterocycles. The molecule has 11 heteroatoms. The molecule has 252 valence electrons. The first-order valence-corrected chi connectivity index (χ1v) is 16.4. The number of fused-ring (bicyclic) bond motifs is 1. The lowest BCUT2D eigenvalue weighted by atomic mass is 9.84. The molecule has 1 unspecified atom stereocenters. The number of amides is 1. The van der Waals surface area contributed by atoms with Crippen molar-refractivity contribution in [2.75, 3.05) is 24.4 Å². The minimum Gasteiger partial charge on any atom is -0.506 e. The molecule has 0 aliphatic carbocycles. The molecule has 0 bridgehead atoms. The topological polar surface area (TPSA) is 107 Å². The molecular weight excluding hydrogens is 635 g/mol. The maximum atomic E-state index is 16.4. The second kappa shape index (κ2) is 14.8. The number of phenolic OH excluding ortho intramolecular Hbond substituents is 1. The minimum absolute atomic E-state index is 0.0268. The third kappa shape index (κ3) is 7.41. The first-order valence-electron chi connectivity index (χ1n) is 15.5. The predicted octanol–water partition coefficient (Wildman–Crippen LogP) is 8.14. The number of carbonyl (C=O) groups is 2. The van der Waals surface area contributed by atoms with Gasteiger partial charge >= 0.3 is 0 Å². The Kier molecular flexibility index (Phi) is 10.6. The van der Waals surface area contributed by atoms with E-state index >= 15 is 4.39 Å². The summed E-state index contributed by atoms with van der Waals surface area (Å²) in [6.07, 6.45) is 0.916. The summed E-state index contributed by atoms with van der Waals surface area (Å²) in [5.74, 6) is -0.0130. The van der Waals surface area contributed by atoms with Crippen molar-refractivity contribution < 1.29 is 38.0 Å². The van der Waals surface area contributed by atoms with Crippen molar-refractivity contribution in [3.63, 3.8) is 0 Å². The van der Waals surface area contributed by atoms with Crippen LogP contribution in [0.25, 0.3) is 0 Å². The van der Waals surface area contributed by atoms with E-state index in [-0.39, 0.29) is 53.4 Å². The van der Waals surface area contributed by atoms with E-state index in [4.69, 9.17) is 18.9 Å². The van der Waals surface area contributed by atoms with E-state index in [1.54, 1.807) is 36.4 Å². The Labute approximate surface area is 283 Å². The molecule has 1 amide bonds. The molecule has 48 heavy (non-hydrogen) atoms. The Bertz CT molecular complexity index is 1810. The normalized spacial score (nSPS) is 14.5.